The maximum absolute atomic E-state index is 6.11. The van der Waals surface area contributed by atoms with E-state index in [1.807, 2.05) is 36.4 Å². The Balaban J connectivity index is 2.24. The lowest BCUT2D eigenvalue weighted by Crippen LogP contribution is -2.08. The van der Waals surface area contributed by atoms with Crippen molar-refractivity contribution in [2.75, 3.05) is 19.5 Å². The van der Waals surface area contributed by atoms with Gasteiger partial charge in [0.05, 0.1) is 24.4 Å². The molecule has 3 nitrogen and oxygen atoms in total. The van der Waals surface area contributed by atoms with Crippen LogP contribution in [0.3, 0.4) is 0 Å². The summed E-state index contributed by atoms with van der Waals surface area (Å²) in [6.45, 7) is 2.08. The number of rotatable bonds is 5. The molecule has 0 saturated carbocycles. The molecule has 2 aromatic rings. The Kier molecular flexibility index (Phi) is 5.37. The van der Waals surface area contributed by atoms with Crippen LogP contribution in [-0.4, -0.2) is 14.2 Å². The Morgan fingerprint density at radius 3 is 2.33 bits per heavy atom. The van der Waals surface area contributed by atoms with Crippen molar-refractivity contribution in [3.63, 3.8) is 0 Å². The van der Waals surface area contributed by atoms with Crippen LogP contribution >= 0.6 is 27.5 Å². The van der Waals surface area contributed by atoms with Gasteiger partial charge < -0.3 is 14.8 Å². The summed E-state index contributed by atoms with van der Waals surface area (Å²) in [5.74, 6) is 1.58. The Labute approximate surface area is 138 Å². The molecule has 0 aromatic heterocycles. The zero-order chi connectivity index (χ0) is 15.4. The summed E-state index contributed by atoms with van der Waals surface area (Å²) in [6, 6.07) is 11.7. The molecule has 0 fully saturated rings. The summed E-state index contributed by atoms with van der Waals surface area (Å²) < 4.78 is 11.4. The van der Waals surface area contributed by atoms with Gasteiger partial charge in [-0.1, -0.05) is 23.7 Å². The van der Waals surface area contributed by atoms with E-state index in [0.717, 1.165) is 27.2 Å². The highest BCUT2D eigenvalue weighted by atomic mass is 79.9. The highest BCUT2D eigenvalue weighted by Crippen LogP contribution is 2.38. The van der Waals surface area contributed by atoms with Crippen molar-refractivity contribution >= 4 is 33.2 Å². The van der Waals surface area contributed by atoms with Crippen LogP contribution in [0.2, 0.25) is 5.02 Å². The van der Waals surface area contributed by atoms with Crippen LogP contribution in [-0.2, 0) is 0 Å². The van der Waals surface area contributed by atoms with E-state index in [1.54, 1.807) is 14.2 Å². The normalized spacial score (nSPS) is 11.9. The van der Waals surface area contributed by atoms with Crippen LogP contribution < -0.4 is 14.8 Å². The maximum atomic E-state index is 6.11. The smallest absolute Gasteiger partial charge is 0.156 e. The molecular formula is C16H17BrClNO2. The first-order valence-electron chi connectivity index (χ1n) is 6.48. The van der Waals surface area contributed by atoms with E-state index in [4.69, 9.17) is 21.1 Å². The SMILES string of the molecule is COc1ccc(C(C)Nc2cc(Cl)cc(Br)c2OC)cc1. The third-order valence-electron chi connectivity index (χ3n) is 3.20. The fraction of sp³-hybridized carbons (Fsp3) is 0.250. The molecular weight excluding hydrogens is 354 g/mol. The minimum Gasteiger partial charge on any atom is -0.497 e. The second-order valence-corrected chi connectivity index (χ2v) is 5.90. The van der Waals surface area contributed by atoms with E-state index < -0.39 is 0 Å². The monoisotopic (exact) mass is 369 g/mol. The van der Waals surface area contributed by atoms with Crippen LogP contribution in [0.5, 0.6) is 11.5 Å². The molecule has 0 aliphatic heterocycles. The van der Waals surface area contributed by atoms with Crippen molar-refractivity contribution in [1.82, 2.24) is 0 Å². The number of hydrogen-bond donors (Lipinski definition) is 1. The van der Waals surface area contributed by atoms with Crippen molar-refractivity contribution in [1.29, 1.82) is 0 Å². The second-order valence-electron chi connectivity index (χ2n) is 4.61. The Hall–Kier alpha value is -1.39. The van der Waals surface area contributed by atoms with Gasteiger partial charge in [-0.15, -0.1) is 0 Å². The summed E-state index contributed by atoms with van der Waals surface area (Å²) in [6.07, 6.45) is 0. The average molecular weight is 371 g/mol. The number of ether oxygens (including phenoxy) is 2. The predicted molar refractivity (Wildman–Crippen MR) is 90.7 cm³/mol. The minimum absolute atomic E-state index is 0.107. The maximum Gasteiger partial charge on any atom is 0.156 e. The lowest BCUT2D eigenvalue weighted by Gasteiger charge is -2.19. The minimum atomic E-state index is 0.107. The van der Waals surface area contributed by atoms with Crippen molar-refractivity contribution in [3.8, 4) is 11.5 Å². The Morgan fingerprint density at radius 2 is 1.76 bits per heavy atom. The van der Waals surface area contributed by atoms with E-state index in [9.17, 15) is 0 Å². The number of nitrogens with one attached hydrogen (secondary N) is 1. The van der Waals surface area contributed by atoms with Gasteiger partial charge in [-0.3, -0.25) is 0 Å². The summed E-state index contributed by atoms with van der Waals surface area (Å²) in [7, 11) is 3.29. The van der Waals surface area contributed by atoms with E-state index in [1.165, 1.54) is 0 Å². The van der Waals surface area contributed by atoms with Crippen LogP contribution in [0, 0.1) is 0 Å². The molecule has 112 valence electrons. The molecule has 0 saturated heterocycles. The molecule has 0 spiro atoms. The van der Waals surface area contributed by atoms with Gasteiger partial charge in [0.2, 0.25) is 0 Å². The van der Waals surface area contributed by atoms with Gasteiger partial charge in [-0.05, 0) is 52.7 Å². The standard InChI is InChI=1S/C16H17BrClNO2/c1-10(11-4-6-13(20-2)7-5-11)19-15-9-12(18)8-14(17)16(15)21-3/h4-10,19H,1-3H3. The molecule has 0 amide bonds. The topological polar surface area (TPSA) is 30.5 Å². The van der Waals surface area contributed by atoms with E-state index in [-0.39, 0.29) is 6.04 Å². The molecule has 0 heterocycles. The quantitative estimate of drug-likeness (QED) is 0.775. The van der Waals surface area contributed by atoms with Crippen molar-refractivity contribution in [2.45, 2.75) is 13.0 Å². The van der Waals surface area contributed by atoms with Gasteiger partial charge in [0.15, 0.2) is 5.75 Å². The summed E-state index contributed by atoms with van der Waals surface area (Å²) in [5, 5.41) is 4.06. The molecule has 21 heavy (non-hydrogen) atoms. The molecule has 1 unspecified atom stereocenters. The van der Waals surface area contributed by atoms with E-state index in [2.05, 4.69) is 28.2 Å². The summed E-state index contributed by atoms with van der Waals surface area (Å²) >= 11 is 9.56. The summed E-state index contributed by atoms with van der Waals surface area (Å²) in [5.41, 5.74) is 1.99. The zero-order valence-corrected chi connectivity index (χ0v) is 14.5. The third kappa shape index (κ3) is 3.83. The molecule has 0 bridgehead atoms. The Bertz CT molecular complexity index is 616. The third-order valence-corrected chi connectivity index (χ3v) is 4.01. The van der Waals surface area contributed by atoms with Crippen molar-refractivity contribution in [2.24, 2.45) is 0 Å². The van der Waals surface area contributed by atoms with Gasteiger partial charge in [0, 0.05) is 11.1 Å². The van der Waals surface area contributed by atoms with Crippen LogP contribution in [0.25, 0.3) is 0 Å². The van der Waals surface area contributed by atoms with Crippen LogP contribution in [0.4, 0.5) is 5.69 Å². The Morgan fingerprint density at radius 1 is 1.10 bits per heavy atom. The largest absolute Gasteiger partial charge is 0.497 e. The van der Waals surface area contributed by atoms with Gasteiger partial charge in [-0.25, -0.2) is 0 Å². The molecule has 2 rings (SSSR count). The first kappa shape index (κ1) is 16.0. The van der Waals surface area contributed by atoms with Crippen LogP contribution in [0.15, 0.2) is 40.9 Å². The van der Waals surface area contributed by atoms with Gasteiger partial charge in [0.25, 0.3) is 0 Å². The lowest BCUT2D eigenvalue weighted by atomic mass is 10.1. The van der Waals surface area contributed by atoms with E-state index in [0.29, 0.717) is 5.02 Å². The number of benzene rings is 2. The number of methoxy groups -OCH3 is 2. The fourth-order valence-electron chi connectivity index (χ4n) is 2.08. The number of halogens is 2. The average Bonchev–Trinajstić information content (AvgIpc) is 2.47. The number of anilines is 1. The molecule has 1 atom stereocenters. The van der Waals surface area contributed by atoms with Gasteiger partial charge in [-0.2, -0.15) is 0 Å². The first-order valence-corrected chi connectivity index (χ1v) is 7.65. The number of hydrogen-bond acceptors (Lipinski definition) is 3. The van der Waals surface area contributed by atoms with Crippen molar-refractivity contribution < 1.29 is 9.47 Å². The highest BCUT2D eigenvalue weighted by molar-refractivity contribution is 9.10. The highest BCUT2D eigenvalue weighted by Gasteiger charge is 2.13. The second kappa shape index (κ2) is 7.05. The summed E-state index contributed by atoms with van der Waals surface area (Å²) in [4.78, 5) is 0. The van der Waals surface area contributed by atoms with Crippen molar-refractivity contribution in [3.05, 3.63) is 51.5 Å². The lowest BCUT2D eigenvalue weighted by molar-refractivity contribution is 0.413. The molecule has 0 radical (unpaired) electrons. The first-order chi connectivity index (χ1) is 10.0. The van der Waals surface area contributed by atoms with Gasteiger partial charge in [0.1, 0.15) is 5.75 Å². The predicted octanol–water partition coefficient (Wildman–Crippen LogP) is 5.29. The molecule has 2 aromatic carbocycles. The zero-order valence-electron chi connectivity index (χ0n) is 12.1. The molecule has 1 N–H and O–H groups in total. The molecule has 5 heteroatoms. The van der Waals surface area contributed by atoms with Gasteiger partial charge >= 0.3 is 0 Å². The van der Waals surface area contributed by atoms with E-state index >= 15 is 0 Å². The molecule has 0 aliphatic carbocycles. The van der Waals surface area contributed by atoms with Crippen LogP contribution in [0.1, 0.15) is 18.5 Å². The molecule has 0 aliphatic rings. The fourth-order valence-corrected chi connectivity index (χ4v) is 3.06.